The van der Waals surface area contributed by atoms with E-state index in [1.165, 1.54) is 30.3 Å². The highest BCUT2D eigenvalue weighted by molar-refractivity contribution is 5.75. The van der Waals surface area contributed by atoms with E-state index in [9.17, 15) is 13.6 Å². The average molecular weight is 246 g/mol. The third kappa shape index (κ3) is 2.16. The number of rotatable bonds is 3. The number of alkyl halides is 2. The van der Waals surface area contributed by atoms with Crippen LogP contribution >= 0.6 is 0 Å². The summed E-state index contributed by atoms with van der Waals surface area (Å²) in [5, 5.41) is 0. The third-order valence-electron chi connectivity index (χ3n) is 2.87. The second-order valence-electron chi connectivity index (χ2n) is 4.13. The molecule has 2 aromatic carbocycles. The summed E-state index contributed by atoms with van der Waals surface area (Å²) in [6.45, 7) is 1.65. The summed E-state index contributed by atoms with van der Waals surface area (Å²) in [5.41, 5.74) is 0.578. The van der Waals surface area contributed by atoms with Gasteiger partial charge in [-0.1, -0.05) is 42.5 Å². The molecule has 0 amide bonds. The molecule has 0 saturated carbocycles. The average Bonchev–Trinajstić information content (AvgIpc) is 2.39. The van der Waals surface area contributed by atoms with Crippen molar-refractivity contribution < 1.29 is 13.6 Å². The smallest absolute Gasteiger partial charge is 0.298 e. The molecule has 1 nitrogen and oxygen atoms in total. The number of hydrogen-bond acceptors (Lipinski definition) is 1. The summed E-state index contributed by atoms with van der Waals surface area (Å²) >= 11 is 0. The van der Waals surface area contributed by atoms with E-state index in [1.54, 1.807) is 25.1 Å². The lowest BCUT2D eigenvalue weighted by Crippen LogP contribution is -2.16. The molecule has 0 bridgehead atoms. The Morgan fingerprint density at radius 1 is 1.06 bits per heavy atom. The topological polar surface area (TPSA) is 17.1 Å². The number of carbonyl (C=O) groups excluding carboxylic acids is 1. The molecule has 0 saturated heterocycles. The van der Waals surface area contributed by atoms with E-state index in [4.69, 9.17) is 0 Å². The summed E-state index contributed by atoms with van der Waals surface area (Å²) in [4.78, 5) is 10.6. The Balaban J connectivity index is 2.53. The minimum Gasteiger partial charge on any atom is -0.298 e. The van der Waals surface area contributed by atoms with E-state index in [0.29, 0.717) is 11.8 Å². The van der Waals surface area contributed by atoms with Crippen molar-refractivity contribution in [1.29, 1.82) is 0 Å². The summed E-state index contributed by atoms with van der Waals surface area (Å²) in [6, 6.07) is 11.9. The van der Waals surface area contributed by atoms with Crippen LogP contribution in [0.3, 0.4) is 0 Å². The van der Waals surface area contributed by atoms with Crippen LogP contribution in [0, 0.1) is 6.92 Å². The number of hydrogen-bond donors (Lipinski definition) is 0. The lowest BCUT2D eigenvalue weighted by atomic mass is 9.95. The minimum atomic E-state index is -3.09. The van der Waals surface area contributed by atoms with Gasteiger partial charge in [0.05, 0.1) is 0 Å². The molecule has 0 aliphatic rings. The molecule has 0 aliphatic carbocycles. The lowest BCUT2D eigenvalue weighted by molar-refractivity contribution is 0.0421. The van der Waals surface area contributed by atoms with Crippen molar-refractivity contribution in [2.75, 3.05) is 0 Å². The van der Waals surface area contributed by atoms with Gasteiger partial charge in [-0.15, -0.1) is 0 Å². The van der Waals surface area contributed by atoms with Crippen LogP contribution in [0.25, 0.3) is 0 Å². The maximum absolute atomic E-state index is 14.3. The molecule has 92 valence electrons. The number of benzene rings is 2. The predicted octanol–water partition coefficient (Wildman–Crippen LogP) is 3.95. The van der Waals surface area contributed by atoms with Crippen molar-refractivity contribution >= 4 is 6.29 Å². The predicted molar refractivity (Wildman–Crippen MR) is 66.0 cm³/mol. The highest BCUT2D eigenvalue weighted by atomic mass is 19.3. The fourth-order valence-electron chi connectivity index (χ4n) is 1.89. The summed E-state index contributed by atoms with van der Waals surface area (Å²) in [6.07, 6.45) is 0.567. The van der Waals surface area contributed by atoms with Crippen molar-refractivity contribution in [3.05, 3.63) is 70.8 Å². The molecular formula is C15H12F2O. The Morgan fingerprint density at radius 3 is 2.44 bits per heavy atom. The maximum atomic E-state index is 14.3. The third-order valence-corrected chi connectivity index (χ3v) is 2.87. The first-order chi connectivity index (χ1) is 8.55. The van der Waals surface area contributed by atoms with E-state index in [-0.39, 0.29) is 16.7 Å². The molecule has 0 spiro atoms. The number of carbonyl (C=O) groups is 1. The molecule has 0 radical (unpaired) electrons. The van der Waals surface area contributed by atoms with Gasteiger partial charge in [0.15, 0.2) is 0 Å². The van der Waals surface area contributed by atoms with Crippen LogP contribution in [0.15, 0.2) is 48.5 Å². The van der Waals surface area contributed by atoms with Gasteiger partial charge in [-0.3, -0.25) is 4.79 Å². The second kappa shape index (κ2) is 4.69. The van der Waals surface area contributed by atoms with Crippen LogP contribution < -0.4 is 0 Å². The zero-order valence-electron chi connectivity index (χ0n) is 9.86. The van der Waals surface area contributed by atoms with E-state index >= 15 is 0 Å². The minimum absolute atomic E-state index is 0.0342. The van der Waals surface area contributed by atoms with Gasteiger partial charge in [0.25, 0.3) is 5.92 Å². The fourth-order valence-corrected chi connectivity index (χ4v) is 1.89. The van der Waals surface area contributed by atoms with Crippen molar-refractivity contribution in [3.8, 4) is 0 Å². The molecule has 0 fully saturated rings. The molecular weight excluding hydrogens is 234 g/mol. The van der Waals surface area contributed by atoms with E-state index in [0.717, 1.165) is 0 Å². The molecule has 0 unspecified atom stereocenters. The Morgan fingerprint density at radius 2 is 1.78 bits per heavy atom. The Bertz CT molecular complexity index is 576. The molecule has 18 heavy (non-hydrogen) atoms. The standard InChI is InChI=1S/C15H12F2O/c1-11-5-2-3-8-14(11)15(16,17)13-7-4-6-12(9-13)10-18/h2-10H,1H3. The zero-order chi connectivity index (χ0) is 13.2. The molecule has 0 N–H and O–H groups in total. The van der Waals surface area contributed by atoms with Gasteiger partial charge in [0, 0.05) is 16.7 Å². The highest BCUT2D eigenvalue weighted by Gasteiger charge is 2.35. The number of aldehydes is 1. The first-order valence-electron chi connectivity index (χ1n) is 5.55. The molecule has 0 heterocycles. The van der Waals surface area contributed by atoms with Crippen LogP contribution in [-0.4, -0.2) is 6.29 Å². The van der Waals surface area contributed by atoms with Gasteiger partial charge in [0.2, 0.25) is 0 Å². The fraction of sp³-hybridized carbons (Fsp3) is 0.133. The number of halogens is 2. The van der Waals surface area contributed by atoms with E-state index < -0.39 is 5.92 Å². The van der Waals surface area contributed by atoms with Gasteiger partial charge in [0.1, 0.15) is 6.29 Å². The van der Waals surface area contributed by atoms with Gasteiger partial charge in [-0.2, -0.15) is 8.78 Å². The van der Waals surface area contributed by atoms with Crippen molar-refractivity contribution in [2.24, 2.45) is 0 Å². The van der Waals surface area contributed by atoms with Crippen molar-refractivity contribution in [1.82, 2.24) is 0 Å². The molecule has 0 atom stereocenters. The van der Waals surface area contributed by atoms with Gasteiger partial charge in [-0.25, -0.2) is 0 Å². The first kappa shape index (κ1) is 12.4. The Kier molecular flexibility index (Phi) is 3.24. The van der Waals surface area contributed by atoms with E-state index in [1.807, 2.05) is 0 Å². The van der Waals surface area contributed by atoms with Gasteiger partial charge >= 0.3 is 0 Å². The SMILES string of the molecule is Cc1ccccc1C(F)(F)c1cccc(C=O)c1. The van der Waals surface area contributed by atoms with Gasteiger partial charge < -0.3 is 0 Å². The second-order valence-corrected chi connectivity index (χ2v) is 4.13. The van der Waals surface area contributed by atoms with E-state index in [2.05, 4.69) is 0 Å². The monoisotopic (exact) mass is 246 g/mol. The Labute approximate surface area is 104 Å². The van der Waals surface area contributed by atoms with Crippen molar-refractivity contribution in [3.63, 3.8) is 0 Å². The highest BCUT2D eigenvalue weighted by Crippen LogP contribution is 2.37. The number of aryl methyl sites for hydroxylation is 1. The summed E-state index contributed by atoms with van der Waals surface area (Å²) in [7, 11) is 0. The maximum Gasteiger partial charge on any atom is 0.298 e. The van der Waals surface area contributed by atoms with Gasteiger partial charge in [-0.05, 0) is 18.6 Å². The van der Waals surface area contributed by atoms with Crippen LogP contribution in [0.2, 0.25) is 0 Å². The lowest BCUT2D eigenvalue weighted by Gasteiger charge is -2.19. The van der Waals surface area contributed by atoms with Crippen LogP contribution in [0.1, 0.15) is 27.0 Å². The van der Waals surface area contributed by atoms with Crippen LogP contribution in [-0.2, 0) is 5.92 Å². The summed E-state index contributed by atoms with van der Waals surface area (Å²) < 4.78 is 28.7. The quantitative estimate of drug-likeness (QED) is 0.749. The van der Waals surface area contributed by atoms with Crippen LogP contribution in [0.4, 0.5) is 8.78 Å². The summed E-state index contributed by atoms with van der Waals surface area (Å²) in [5.74, 6) is -3.09. The normalized spacial score (nSPS) is 11.3. The molecule has 2 aromatic rings. The van der Waals surface area contributed by atoms with Crippen molar-refractivity contribution in [2.45, 2.75) is 12.8 Å². The largest absolute Gasteiger partial charge is 0.298 e. The van der Waals surface area contributed by atoms with Crippen LogP contribution in [0.5, 0.6) is 0 Å². The molecule has 3 heteroatoms. The molecule has 0 aliphatic heterocycles. The zero-order valence-corrected chi connectivity index (χ0v) is 9.86. The Hall–Kier alpha value is -2.03. The molecule has 0 aromatic heterocycles. The first-order valence-corrected chi connectivity index (χ1v) is 5.55. The molecule has 2 rings (SSSR count).